The van der Waals surface area contributed by atoms with Crippen LogP contribution < -0.4 is 10.6 Å². The Hall–Kier alpha value is -1.29. The van der Waals surface area contributed by atoms with Gasteiger partial charge in [-0.3, -0.25) is 4.79 Å². The molecule has 2 N–H and O–H groups in total. The van der Waals surface area contributed by atoms with Gasteiger partial charge in [0.25, 0.3) is 0 Å². The number of carbonyl (C=O) groups is 1. The summed E-state index contributed by atoms with van der Waals surface area (Å²) in [5.41, 5.74) is 7.29. The van der Waals surface area contributed by atoms with Crippen LogP contribution in [0.2, 0.25) is 0 Å². The highest BCUT2D eigenvalue weighted by atomic mass is 79.9. The first-order chi connectivity index (χ1) is 8.66. The van der Waals surface area contributed by atoms with E-state index in [1.165, 1.54) is 31.0 Å². The van der Waals surface area contributed by atoms with Crippen LogP contribution in [0.4, 0.5) is 5.69 Å². The smallest absolute Gasteiger partial charge is 0.241 e. The van der Waals surface area contributed by atoms with E-state index in [0.29, 0.717) is 0 Å². The Morgan fingerprint density at radius 3 is 2.61 bits per heavy atom. The van der Waals surface area contributed by atoms with E-state index in [1.54, 1.807) is 6.08 Å². The fourth-order valence-electron chi connectivity index (χ4n) is 2.17. The molecule has 0 bridgehead atoms. The number of nitrogens with zero attached hydrogens (tertiary/aromatic N) is 1. The van der Waals surface area contributed by atoms with E-state index in [9.17, 15) is 4.79 Å². The van der Waals surface area contributed by atoms with Gasteiger partial charge >= 0.3 is 0 Å². The van der Waals surface area contributed by atoms with Crippen molar-refractivity contribution in [2.75, 3.05) is 18.0 Å². The van der Waals surface area contributed by atoms with Gasteiger partial charge in [-0.15, -0.1) is 0 Å². The lowest BCUT2D eigenvalue weighted by Gasteiger charge is -2.29. The van der Waals surface area contributed by atoms with Crippen molar-refractivity contribution in [2.45, 2.75) is 19.3 Å². The summed E-state index contributed by atoms with van der Waals surface area (Å²) >= 11 is 3.53. The average molecular weight is 309 g/mol. The summed E-state index contributed by atoms with van der Waals surface area (Å²) in [7, 11) is 0. The molecule has 0 saturated carbocycles. The largest absolute Gasteiger partial charge is 0.372 e. The number of piperidine rings is 1. The molecule has 0 aliphatic carbocycles. The lowest BCUT2D eigenvalue weighted by Crippen LogP contribution is -2.29. The van der Waals surface area contributed by atoms with Gasteiger partial charge in [0.05, 0.1) is 0 Å². The number of benzene rings is 1. The van der Waals surface area contributed by atoms with Crippen molar-refractivity contribution in [3.05, 3.63) is 34.3 Å². The molecular weight excluding hydrogens is 292 g/mol. The minimum Gasteiger partial charge on any atom is -0.372 e. The van der Waals surface area contributed by atoms with Crippen molar-refractivity contribution in [3.8, 4) is 0 Å². The van der Waals surface area contributed by atoms with Crippen molar-refractivity contribution in [2.24, 2.45) is 5.73 Å². The van der Waals surface area contributed by atoms with E-state index >= 15 is 0 Å². The molecule has 1 aromatic rings. The molecule has 1 heterocycles. The zero-order valence-corrected chi connectivity index (χ0v) is 11.8. The summed E-state index contributed by atoms with van der Waals surface area (Å²) in [6.07, 6.45) is 6.96. The van der Waals surface area contributed by atoms with Crippen LogP contribution >= 0.6 is 15.9 Å². The molecule has 96 valence electrons. The summed E-state index contributed by atoms with van der Waals surface area (Å²) < 4.78 is 0.989. The maximum Gasteiger partial charge on any atom is 0.241 e. The SMILES string of the molecule is NC(=O)/C=C/c1ccc(N2CCCCC2)cc1Br. The second-order valence-corrected chi connectivity index (χ2v) is 5.34. The lowest BCUT2D eigenvalue weighted by molar-refractivity contribution is -0.113. The van der Waals surface area contributed by atoms with Gasteiger partial charge in [-0.05, 0) is 43.0 Å². The maximum atomic E-state index is 10.7. The molecule has 1 aromatic carbocycles. The number of hydrogen-bond donors (Lipinski definition) is 1. The normalized spacial score (nSPS) is 16.2. The highest BCUT2D eigenvalue weighted by Gasteiger charge is 2.11. The van der Waals surface area contributed by atoms with Gasteiger partial charge in [-0.2, -0.15) is 0 Å². The summed E-state index contributed by atoms with van der Waals surface area (Å²) in [6, 6.07) is 6.20. The maximum absolute atomic E-state index is 10.7. The van der Waals surface area contributed by atoms with E-state index in [4.69, 9.17) is 5.73 Å². The fourth-order valence-corrected chi connectivity index (χ4v) is 2.67. The number of amides is 1. The zero-order valence-electron chi connectivity index (χ0n) is 10.2. The van der Waals surface area contributed by atoms with Gasteiger partial charge in [-0.25, -0.2) is 0 Å². The number of halogens is 1. The van der Waals surface area contributed by atoms with Gasteiger partial charge in [0, 0.05) is 29.3 Å². The van der Waals surface area contributed by atoms with Gasteiger partial charge in [0.2, 0.25) is 5.91 Å². The first kappa shape index (κ1) is 13.1. The minimum atomic E-state index is -0.429. The molecule has 0 radical (unpaired) electrons. The quantitative estimate of drug-likeness (QED) is 0.873. The first-order valence-electron chi connectivity index (χ1n) is 6.19. The van der Waals surface area contributed by atoms with E-state index < -0.39 is 5.91 Å². The third-order valence-corrected chi connectivity index (χ3v) is 3.82. The molecule has 4 heteroatoms. The van der Waals surface area contributed by atoms with Crippen LogP contribution in [-0.4, -0.2) is 19.0 Å². The standard InChI is InChI=1S/C14H17BrN2O/c15-13-10-12(17-8-2-1-3-9-17)6-4-11(13)5-7-14(16)18/h4-7,10H,1-3,8-9H2,(H2,16,18)/b7-5+. The van der Waals surface area contributed by atoms with Crippen LogP contribution in [-0.2, 0) is 4.79 Å². The highest BCUT2D eigenvalue weighted by Crippen LogP contribution is 2.27. The van der Waals surface area contributed by atoms with Crippen LogP contribution in [0.5, 0.6) is 0 Å². The van der Waals surface area contributed by atoms with E-state index in [0.717, 1.165) is 23.1 Å². The molecule has 1 saturated heterocycles. The third kappa shape index (κ3) is 3.35. The first-order valence-corrected chi connectivity index (χ1v) is 6.98. The van der Waals surface area contributed by atoms with Crippen LogP contribution in [0.15, 0.2) is 28.7 Å². The molecule has 3 nitrogen and oxygen atoms in total. The molecule has 0 atom stereocenters. The summed E-state index contributed by atoms with van der Waals surface area (Å²) in [5, 5.41) is 0. The highest BCUT2D eigenvalue weighted by molar-refractivity contribution is 9.10. The summed E-state index contributed by atoms with van der Waals surface area (Å²) in [5.74, 6) is -0.429. The Labute approximate surface area is 116 Å². The molecule has 1 amide bonds. The van der Waals surface area contributed by atoms with Gasteiger partial charge in [0.15, 0.2) is 0 Å². The van der Waals surface area contributed by atoms with Gasteiger partial charge < -0.3 is 10.6 Å². The van der Waals surface area contributed by atoms with Gasteiger partial charge in [0.1, 0.15) is 0 Å². The number of rotatable bonds is 3. The lowest BCUT2D eigenvalue weighted by atomic mass is 10.1. The zero-order chi connectivity index (χ0) is 13.0. The van der Waals surface area contributed by atoms with E-state index in [2.05, 4.69) is 33.0 Å². The number of carbonyl (C=O) groups excluding carboxylic acids is 1. The number of hydrogen-bond acceptors (Lipinski definition) is 2. The summed E-state index contributed by atoms with van der Waals surface area (Å²) in [4.78, 5) is 13.1. The molecular formula is C14H17BrN2O. The van der Waals surface area contributed by atoms with Gasteiger partial charge in [-0.1, -0.05) is 22.0 Å². The third-order valence-electron chi connectivity index (χ3n) is 3.13. The fraction of sp³-hybridized carbons (Fsp3) is 0.357. The van der Waals surface area contributed by atoms with Crippen molar-refractivity contribution >= 4 is 33.6 Å². The van der Waals surface area contributed by atoms with Crippen molar-refractivity contribution in [1.29, 1.82) is 0 Å². The molecule has 18 heavy (non-hydrogen) atoms. The molecule has 1 aliphatic heterocycles. The summed E-state index contributed by atoms with van der Waals surface area (Å²) in [6.45, 7) is 2.26. The van der Waals surface area contributed by atoms with Crippen LogP contribution in [0.25, 0.3) is 6.08 Å². The number of primary amides is 1. The molecule has 2 rings (SSSR count). The predicted octanol–water partition coefficient (Wildman–Crippen LogP) is 2.94. The molecule has 1 fully saturated rings. The Morgan fingerprint density at radius 1 is 1.28 bits per heavy atom. The average Bonchev–Trinajstić information content (AvgIpc) is 2.38. The molecule has 0 aromatic heterocycles. The van der Waals surface area contributed by atoms with Crippen LogP contribution in [0.3, 0.4) is 0 Å². The number of anilines is 1. The topological polar surface area (TPSA) is 46.3 Å². The van der Waals surface area contributed by atoms with Crippen molar-refractivity contribution in [3.63, 3.8) is 0 Å². The van der Waals surface area contributed by atoms with E-state index in [1.807, 2.05) is 6.07 Å². The Balaban J connectivity index is 2.16. The second kappa shape index (κ2) is 6.05. The van der Waals surface area contributed by atoms with Crippen LogP contribution in [0.1, 0.15) is 24.8 Å². The van der Waals surface area contributed by atoms with Crippen molar-refractivity contribution < 1.29 is 4.79 Å². The Morgan fingerprint density at radius 2 is 2.00 bits per heavy atom. The molecule has 1 aliphatic rings. The molecule has 0 unspecified atom stereocenters. The Bertz CT molecular complexity index is 465. The monoisotopic (exact) mass is 308 g/mol. The number of nitrogens with two attached hydrogens (primary N) is 1. The molecule has 0 spiro atoms. The predicted molar refractivity (Wildman–Crippen MR) is 78.4 cm³/mol. The Kier molecular flexibility index (Phi) is 4.42. The second-order valence-electron chi connectivity index (χ2n) is 4.49. The van der Waals surface area contributed by atoms with Crippen LogP contribution in [0, 0.1) is 0 Å². The van der Waals surface area contributed by atoms with Crippen molar-refractivity contribution in [1.82, 2.24) is 0 Å². The van der Waals surface area contributed by atoms with E-state index in [-0.39, 0.29) is 0 Å². The minimum absolute atomic E-state index is 0.429.